The van der Waals surface area contributed by atoms with Crippen molar-refractivity contribution in [2.45, 2.75) is 12.3 Å². The summed E-state index contributed by atoms with van der Waals surface area (Å²) in [7, 11) is 1.54. The van der Waals surface area contributed by atoms with Gasteiger partial charge in [0.15, 0.2) is 5.78 Å². The number of ether oxygens (including phenoxy) is 2. The van der Waals surface area contributed by atoms with E-state index in [0.717, 1.165) is 0 Å². The van der Waals surface area contributed by atoms with Crippen LogP contribution in [0.4, 0.5) is 5.69 Å². The smallest absolute Gasteiger partial charge is 0.311 e. The molecular formula is C21H19NO5. The normalized spacial score (nSPS) is 24.9. The van der Waals surface area contributed by atoms with Crippen LogP contribution in [0.1, 0.15) is 22.8 Å². The summed E-state index contributed by atoms with van der Waals surface area (Å²) in [5.41, 5.74) is 0.561. The van der Waals surface area contributed by atoms with Crippen LogP contribution in [0.3, 0.4) is 0 Å². The molecule has 0 bridgehead atoms. The molecule has 2 aromatic carbocycles. The van der Waals surface area contributed by atoms with E-state index < -0.39 is 23.2 Å². The molecule has 2 aliphatic rings. The molecule has 1 amide bonds. The summed E-state index contributed by atoms with van der Waals surface area (Å²) in [5, 5.41) is 2.81. The average molecular weight is 365 g/mol. The van der Waals surface area contributed by atoms with Gasteiger partial charge in [-0.3, -0.25) is 14.4 Å². The summed E-state index contributed by atoms with van der Waals surface area (Å²) in [6.45, 7) is 1.90. The van der Waals surface area contributed by atoms with E-state index in [1.807, 2.05) is 0 Å². The maximum atomic E-state index is 13.2. The van der Waals surface area contributed by atoms with Gasteiger partial charge in [0.05, 0.1) is 25.6 Å². The fourth-order valence-electron chi connectivity index (χ4n) is 4.15. The number of nitrogens with one attached hydrogen (secondary N) is 1. The molecule has 2 aromatic rings. The van der Waals surface area contributed by atoms with E-state index in [9.17, 15) is 14.4 Å². The van der Waals surface area contributed by atoms with Gasteiger partial charge in [0, 0.05) is 11.3 Å². The van der Waals surface area contributed by atoms with Gasteiger partial charge in [-0.15, -0.1) is 0 Å². The zero-order valence-corrected chi connectivity index (χ0v) is 15.0. The first-order chi connectivity index (χ1) is 13.1. The van der Waals surface area contributed by atoms with Crippen LogP contribution in [0.15, 0.2) is 48.5 Å². The van der Waals surface area contributed by atoms with Gasteiger partial charge in [-0.1, -0.05) is 18.2 Å². The van der Waals surface area contributed by atoms with Gasteiger partial charge in [-0.2, -0.15) is 0 Å². The zero-order chi connectivity index (χ0) is 19.2. The second kappa shape index (κ2) is 6.23. The zero-order valence-electron chi connectivity index (χ0n) is 15.0. The number of esters is 1. The van der Waals surface area contributed by atoms with Crippen molar-refractivity contribution in [1.29, 1.82) is 0 Å². The lowest BCUT2D eigenvalue weighted by Gasteiger charge is -2.09. The molecule has 1 aliphatic heterocycles. The molecule has 1 aliphatic carbocycles. The van der Waals surface area contributed by atoms with Crippen LogP contribution in [0.2, 0.25) is 0 Å². The van der Waals surface area contributed by atoms with Crippen LogP contribution in [0.5, 0.6) is 5.75 Å². The Morgan fingerprint density at radius 3 is 2.44 bits per heavy atom. The number of hydrogen-bond acceptors (Lipinski definition) is 5. The summed E-state index contributed by atoms with van der Waals surface area (Å²) in [6.07, 6.45) is 0. The number of rotatable bonds is 5. The van der Waals surface area contributed by atoms with Crippen molar-refractivity contribution in [3.63, 3.8) is 0 Å². The fourth-order valence-corrected chi connectivity index (χ4v) is 4.15. The largest absolute Gasteiger partial charge is 0.497 e. The van der Waals surface area contributed by atoms with Crippen molar-refractivity contribution in [2.75, 3.05) is 19.0 Å². The van der Waals surface area contributed by atoms with Crippen LogP contribution >= 0.6 is 0 Å². The molecule has 0 saturated heterocycles. The SMILES string of the molecule is CCOC(=O)[C@H]1[C@H](C(=O)c2ccc(OC)cc2)[C@]12C(=O)Nc1ccccc12. The summed E-state index contributed by atoms with van der Waals surface area (Å²) in [4.78, 5) is 38.7. The maximum Gasteiger partial charge on any atom is 0.311 e. The predicted octanol–water partition coefficient (Wildman–Crippen LogP) is 2.58. The molecule has 0 radical (unpaired) electrons. The minimum absolute atomic E-state index is 0.193. The summed E-state index contributed by atoms with van der Waals surface area (Å²) >= 11 is 0. The van der Waals surface area contributed by atoms with E-state index in [2.05, 4.69) is 5.32 Å². The van der Waals surface area contributed by atoms with Crippen LogP contribution in [-0.2, 0) is 19.7 Å². The van der Waals surface area contributed by atoms with E-state index in [1.165, 1.54) is 0 Å². The Morgan fingerprint density at radius 2 is 1.78 bits per heavy atom. The highest BCUT2D eigenvalue weighted by Crippen LogP contribution is 2.65. The molecule has 27 heavy (non-hydrogen) atoms. The Labute approximate surface area is 156 Å². The Hall–Kier alpha value is -3.15. The molecule has 4 rings (SSSR count). The first kappa shape index (κ1) is 17.3. The molecule has 3 atom stereocenters. The van der Waals surface area contributed by atoms with Gasteiger partial charge in [-0.25, -0.2) is 0 Å². The van der Waals surface area contributed by atoms with Crippen molar-refractivity contribution >= 4 is 23.3 Å². The second-order valence-corrected chi connectivity index (χ2v) is 6.67. The van der Waals surface area contributed by atoms with Crippen molar-refractivity contribution in [1.82, 2.24) is 0 Å². The second-order valence-electron chi connectivity index (χ2n) is 6.67. The monoisotopic (exact) mass is 365 g/mol. The van der Waals surface area contributed by atoms with E-state index in [1.54, 1.807) is 62.6 Å². The number of anilines is 1. The van der Waals surface area contributed by atoms with Gasteiger partial charge in [0.25, 0.3) is 0 Å². The van der Waals surface area contributed by atoms with Crippen molar-refractivity contribution in [3.8, 4) is 5.75 Å². The topological polar surface area (TPSA) is 81.7 Å². The first-order valence-electron chi connectivity index (χ1n) is 8.81. The Bertz CT molecular complexity index is 936. The van der Waals surface area contributed by atoms with E-state index >= 15 is 0 Å². The van der Waals surface area contributed by atoms with Gasteiger partial charge in [-0.05, 0) is 42.8 Å². The summed E-state index contributed by atoms with van der Waals surface area (Å²) in [6, 6.07) is 13.8. The number of ketones is 1. The van der Waals surface area contributed by atoms with Crippen LogP contribution < -0.4 is 10.1 Å². The molecule has 1 spiro atoms. The number of benzene rings is 2. The quantitative estimate of drug-likeness (QED) is 0.651. The molecular weight excluding hydrogens is 346 g/mol. The number of hydrogen-bond donors (Lipinski definition) is 1. The highest BCUT2D eigenvalue weighted by molar-refractivity contribution is 6.20. The number of fused-ring (bicyclic) bond motifs is 2. The lowest BCUT2D eigenvalue weighted by molar-refractivity contribution is -0.146. The number of methoxy groups -OCH3 is 1. The molecule has 0 unspecified atom stereocenters. The molecule has 6 heteroatoms. The number of para-hydroxylation sites is 1. The Balaban J connectivity index is 1.77. The highest BCUT2D eigenvalue weighted by Gasteiger charge is 2.79. The third-order valence-electron chi connectivity index (χ3n) is 5.40. The van der Waals surface area contributed by atoms with Crippen molar-refractivity contribution in [2.24, 2.45) is 11.8 Å². The van der Waals surface area contributed by atoms with E-state index in [-0.39, 0.29) is 18.3 Å². The van der Waals surface area contributed by atoms with E-state index in [4.69, 9.17) is 9.47 Å². The third kappa shape index (κ3) is 2.36. The molecule has 6 nitrogen and oxygen atoms in total. The third-order valence-corrected chi connectivity index (χ3v) is 5.40. The first-order valence-corrected chi connectivity index (χ1v) is 8.81. The molecule has 0 aromatic heterocycles. The Kier molecular flexibility index (Phi) is 3.98. The summed E-state index contributed by atoms with van der Waals surface area (Å²) in [5.74, 6) is -2.07. The maximum absolute atomic E-state index is 13.2. The molecule has 1 fully saturated rings. The molecule has 1 N–H and O–H groups in total. The Morgan fingerprint density at radius 1 is 1.07 bits per heavy atom. The molecule has 1 heterocycles. The number of Topliss-reactive ketones (excluding diaryl/α,β-unsaturated/α-hetero) is 1. The lowest BCUT2D eigenvalue weighted by atomic mass is 9.91. The van der Waals surface area contributed by atoms with E-state index in [0.29, 0.717) is 22.6 Å². The van der Waals surface area contributed by atoms with Crippen molar-refractivity contribution < 1.29 is 23.9 Å². The van der Waals surface area contributed by atoms with Crippen LogP contribution in [0.25, 0.3) is 0 Å². The molecule has 1 saturated carbocycles. The van der Waals surface area contributed by atoms with Crippen molar-refractivity contribution in [3.05, 3.63) is 59.7 Å². The van der Waals surface area contributed by atoms with Crippen LogP contribution in [-0.4, -0.2) is 31.4 Å². The van der Waals surface area contributed by atoms with Crippen LogP contribution in [0, 0.1) is 11.8 Å². The molecule has 138 valence electrons. The average Bonchev–Trinajstić information content (AvgIpc) is 3.30. The van der Waals surface area contributed by atoms with Gasteiger partial charge < -0.3 is 14.8 Å². The predicted molar refractivity (Wildman–Crippen MR) is 97.7 cm³/mol. The van der Waals surface area contributed by atoms with Gasteiger partial charge >= 0.3 is 5.97 Å². The van der Waals surface area contributed by atoms with Gasteiger partial charge in [0.1, 0.15) is 11.2 Å². The number of carbonyl (C=O) groups excluding carboxylic acids is 3. The minimum atomic E-state index is -1.19. The van der Waals surface area contributed by atoms with Gasteiger partial charge in [0.2, 0.25) is 5.91 Å². The summed E-state index contributed by atoms with van der Waals surface area (Å²) < 4.78 is 10.3. The fraction of sp³-hybridized carbons (Fsp3) is 0.286. The highest BCUT2D eigenvalue weighted by atomic mass is 16.5. The lowest BCUT2D eigenvalue weighted by Crippen LogP contribution is -2.26. The standard InChI is InChI=1S/C21H19NO5/c1-3-27-19(24)17-16(18(23)12-8-10-13(26-2)11-9-12)21(17)14-6-4-5-7-15(14)22-20(21)25/h4-11,16-17H,3H2,1-2H3,(H,22,25)/t16-,17-,21+/m1/s1. The number of carbonyl (C=O) groups is 3. The number of amides is 1. The minimum Gasteiger partial charge on any atom is -0.497 e.